The molecule has 0 radical (unpaired) electrons. The van der Waals surface area contributed by atoms with Crippen LogP contribution in [-0.2, 0) is 4.79 Å². The van der Waals surface area contributed by atoms with Crippen molar-refractivity contribution in [3.8, 4) is 5.75 Å². The van der Waals surface area contributed by atoms with Crippen molar-refractivity contribution in [3.05, 3.63) is 65.8 Å². The Bertz CT molecular complexity index is 988. The van der Waals surface area contributed by atoms with E-state index in [1.54, 1.807) is 0 Å². The number of carbonyl (C=O) groups excluding carboxylic acids is 1. The predicted octanol–water partition coefficient (Wildman–Crippen LogP) is 5.20. The van der Waals surface area contributed by atoms with Gasteiger partial charge in [0.2, 0.25) is 5.91 Å². The van der Waals surface area contributed by atoms with Gasteiger partial charge >= 0.3 is 0 Å². The number of halogens is 1. The highest BCUT2D eigenvalue weighted by molar-refractivity contribution is 6.31. The largest absolute Gasteiger partial charge is 0.493 e. The molecule has 0 unspecified atom stereocenters. The number of nitrogens with zero attached hydrogens (tertiary/aromatic N) is 1. The Morgan fingerprint density at radius 2 is 1.80 bits per heavy atom. The van der Waals surface area contributed by atoms with E-state index in [0.717, 1.165) is 48.0 Å². The molecule has 0 bridgehead atoms. The van der Waals surface area contributed by atoms with Gasteiger partial charge in [0, 0.05) is 34.4 Å². The number of fused-ring (bicyclic) bond motifs is 1. The van der Waals surface area contributed by atoms with Crippen molar-refractivity contribution in [2.75, 3.05) is 11.9 Å². The Morgan fingerprint density at radius 1 is 1.03 bits per heavy atom. The van der Waals surface area contributed by atoms with E-state index in [9.17, 15) is 4.79 Å². The van der Waals surface area contributed by atoms with Gasteiger partial charge in [-0.15, -0.1) is 0 Å². The Hall–Kier alpha value is -2.79. The number of carbonyl (C=O) groups is 1. The molecule has 2 N–H and O–H groups in total. The van der Waals surface area contributed by atoms with Crippen LogP contribution in [0.3, 0.4) is 0 Å². The number of ether oxygens (including phenoxy) is 1. The molecule has 1 aliphatic carbocycles. The molecule has 1 heterocycles. The molecule has 6 heteroatoms. The van der Waals surface area contributed by atoms with E-state index in [2.05, 4.69) is 15.6 Å². The fourth-order valence-corrected chi connectivity index (χ4v) is 4.09. The zero-order valence-electron chi connectivity index (χ0n) is 16.8. The summed E-state index contributed by atoms with van der Waals surface area (Å²) < 4.78 is 5.61. The van der Waals surface area contributed by atoms with Crippen LogP contribution in [0.4, 0.5) is 5.69 Å². The van der Waals surface area contributed by atoms with E-state index in [1.165, 1.54) is 0 Å². The number of hydrogen-bond donors (Lipinski definition) is 2. The maximum absolute atomic E-state index is 12.2. The first-order chi connectivity index (χ1) is 14.7. The second-order valence-corrected chi connectivity index (χ2v) is 8.13. The average Bonchev–Trinajstić information content (AvgIpc) is 2.76. The second kappa shape index (κ2) is 9.81. The number of anilines is 1. The van der Waals surface area contributed by atoms with Crippen LogP contribution in [0.2, 0.25) is 5.02 Å². The lowest BCUT2D eigenvalue weighted by Gasteiger charge is -2.30. The summed E-state index contributed by atoms with van der Waals surface area (Å²) in [4.78, 5) is 16.6. The van der Waals surface area contributed by atoms with Crippen LogP contribution in [-0.4, -0.2) is 29.6 Å². The second-order valence-electron chi connectivity index (χ2n) is 7.69. The molecule has 0 spiro atoms. The number of para-hydroxylation sites is 1. The standard InChI is InChI=1S/C24H26ClN3O2/c25-17-6-11-21-22(12-14-26-23(21)16-17)27-18-7-9-19(10-8-18)28-24(29)13-15-30-20-4-2-1-3-5-20/h1-6,11-12,14,16,18-19H,7-10,13,15H2,(H,26,27)(H,28,29). The van der Waals surface area contributed by atoms with Gasteiger partial charge in [0.05, 0.1) is 18.5 Å². The number of amides is 1. The van der Waals surface area contributed by atoms with Crippen LogP contribution in [0.1, 0.15) is 32.1 Å². The van der Waals surface area contributed by atoms with Crippen molar-refractivity contribution < 1.29 is 9.53 Å². The first-order valence-corrected chi connectivity index (χ1v) is 10.8. The summed E-state index contributed by atoms with van der Waals surface area (Å²) >= 11 is 6.08. The maximum Gasteiger partial charge on any atom is 0.223 e. The quantitative estimate of drug-likeness (QED) is 0.548. The van der Waals surface area contributed by atoms with E-state index in [-0.39, 0.29) is 11.9 Å². The van der Waals surface area contributed by atoms with E-state index in [4.69, 9.17) is 16.3 Å². The van der Waals surface area contributed by atoms with Gasteiger partial charge in [0.25, 0.3) is 0 Å². The maximum atomic E-state index is 12.2. The van der Waals surface area contributed by atoms with Crippen LogP contribution in [0, 0.1) is 0 Å². The number of benzene rings is 2. The molecular weight excluding hydrogens is 398 g/mol. The average molecular weight is 424 g/mol. The summed E-state index contributed by atoms with van der Waals surface area (Å²) in [5.74, 6) is 0.849. The normalized spacial score (nSPS) is 18.7. The molecule has 1 amide bonds. The third kappa shape index (κ3) is 5.42. The zero-order valence-corrected chi connectivity index (χ0v) is 17.6. The lowest BCUT2D eigenvalue weighted by atomic mass is 9.90. The van der Waals surface area contributed by atoms with Crippen molar-refractivity contribution in [2.24, 2.45) is 0 Å². The summed E-state index contributed by atoms with van der Waals surface area (Å²) in [6.45, 7) is 0.395. The first kappa shape index (κ1) is 20.5. The lowest BCUT2D eigenvalue weighted by molar-refractivity contribution is -0.122. The number of nitrogens with one attached hydrogen (secondary N) is 2. The van der Waals surface area contributed by atoms with Crippen molar-refractivity contribution in [1.29, 1.82) is 0 Å². The van der Waals surface area contributed by atoms with Gasteiger partial charge in [-0.25, -0.2) is 0 Å². The summed E-state index contributed by atoms with van der Waals surface area (Å²) in [6.07, 6.45) is 6.16. The molecule has 1 aliphatic rings. The fraction of sp³-hybridized carbons (Fsp3) is 0.333. The van der Waals surface area contributed by atoms with Crippen molar-refractivity contribution in [2.45, 2.75) is 44.2 Å². The monoisotopic (exact) mass is 423 g/mol. The van der Waals surface area contributed by atoms with Crippen LogP contribution in [0.25, 0.3) is 10.9 Å². The topological polar surface area (TPSA) is 63.2 Å². The number of rotatable bonds is 7. The van der Waals surface area contributed by atoms with Crippen LogP contribution in [0.15, 0.2) is 60.8 Å². The Kier molecular flexibility index (Phi) is 6.70. The smallest absolute Gasteiger partial charge is 0.223 e. The minimum Gasteiger partial charge on any atom is -0.493 e. The van der Waals surface area contributed by atoms with Gasteiger partial charge in [0.1, 0.15) is 5.75 Å². The van der Waals surface area contributed by atoms with Gasteiger partial charge in [0.15, 0.2) is 0 Å². The summed E-state index contributed by atoms with van der Waals surface area (Å²) in [6, 6.07) is 18.0. The van der Waals surface area contributed by atoms with Gasteiger partial charge < -0.3 is 15.4 Å². The van der Waals surface area contributed by atoms with E-state index >= 15 is 0 Å². The zero-order chi connectivity index (χ0) is 20.8. The molecule has 156 valence electrons. The third-order valence-electron chi connectivity index (χ3n) is 5.50. The predicted molar refractivity (Wildman–Crippen MR) is 121 cm³/mol. The van der Waals surface area contributed by atoms with Gasteiger partial charge in [-0.3, -0.25) is 9.78 Å². The lowest BCUT2D eigenvalue weighted by Crippen LogP contribution is -2.40. The molecule has 0 atom stereocenters. The van der Waals surface area contributed by atoms with E-state index in [0.29, 0.717) is 24.1 Å². The van der Waals surface area contributed by atoms with E-state index in [1.807, 2.05) is 60.8 Å². The highest BCUT2D eigenvalue weighted by atomic mass is 35.5. The van der Waals surface area contributed by atoms with Gasteiger partial charge in [-0.2, -0.15) is 0 Å². The molecule has 2 aromatic carbocycles. The number of aromatic nitrogens is 1. The molecule has 3 aromatic rings. The van der Waals surface area contributed by atoms with Crippen LogP contribution in [0.5, 0.6) is 5.75 Å². The minimum atomic E-state index is 0.0550. The van der Waals surface area contributed by atoms with Crippen LogP contribution >= 0.6 is 11.6 Å². The fourth-order valence-electron chi connectivity index (χ4n) is 3.93. The minimum absolute atomic E-state index is 0.0550. The molecule has 5 nitrogen and oxygen atoms in total. The Balaban J connectivity index is 1.22. The Labute approximate surface area is 181 Å². The Morgan fingerprint density at radius 3 is 2.60 bits per heavy atom. The molecule has 1 fully saturated rings. The van der Waals surface area contributed by atoms with Gasteiger partial charge in [-0.1, -0.05) is 29.8 Å². The highest BCUT2D eigenvalue weighted by Gasteiger charge is 2.22. The summed E-state index contributed by atoms with van der Waals surface area (Å²) in [7, 11) is 0. The number of hydrogen-bond acceptors (Lipinski definition) is 4. The van der Waals surface area contributed by atoms with Gasteiger partial charge in [-0.05, 0) is 62.1 Å². The summed E-state index contributed by atoms with van der Waals surface area (Å²) in [5, 5.41) is 8.58. The molecule has 0 saturated heterocycles. The number of pyridine rings is 1. The molecule has 4 rings (SSSR count). The van der Waals surface area contributed by atoms with Crippen LogP contribution < -0.4 is 15.4 Å². The van der Waals surface area contributed by atoms with Crippen molar-refractivity contribution >= 4 is 34.1 Å². The molecule has 1 saturated carbocycles. The van der Waals surface area contributed by atoms with Crippen molar-refractivity contribution in [3.63, 3.8) is 0 Å². The van der Waals surface area contributed by atoms with E-state index < -0.39 is 0 Å². The molecule has 30 heavy (non-hydrogen) atoms. The van der Waals surface area contributed by atoms with Crippen molar-refractivity contribution in [1.82, 2.24) is 10.3 Å². The molecule has 0 aliphatic heterocycles. The molecule has 1 aromatic heterocycles. The molecular formula is C24H26ClN3O2. The highest BCUT2D eigenvalue weighted by Crippen LogP contribution is 2.28. The first-order valence-electron chi connectivity index (χ1n) is 10.5. The SMILES string of the molecule is O=C(CCOc1ccccc1)NC1CCC(Nc2ccnc3cc(Cl)ccc23)CC1. The summed E-state index contributed by atoms with van der Waals surface area (Å²) in [5.41, 5.74) is 1.98. The third-order valence-corrected chi connectivity index (χ3v) is 5.73.